The van der Waals surface area contributed by atoms with Gasteiger partial charge in [-0.1, -0.05) is 29.8 Å². The molecule has 1 N–H and O–H groups in total. The molecule has 0 unspecified atom stereocenters. The Hall–Kier alpha value is -2.46. The molecular weight excluding hydrogens is 312 g/mol. The summed E-state index contributed by atoms with van der Waals surface area (Å²) in [6.45, 7) is 0. The summed E-state index contributed by atoms with van der Waals surface area (Å²) in [6, 6.07) is 15.2. The summed E-state index contributed by atoms with van der Waals surface area (Å²) >= 11 is 6.27. The van der Waals surface area contributed by atoms with Crippen LogP contribution in [-0.2, 0) is 4.79 Å². The number of carbonyl (C=O) groups is 1. The summed E-state index contributed by atoms with van der Waals surface area (Å²) in [5.41, 5.74) is 2.24. The van der Waals surface area contributed by atoms with E-state index in [9.17, 15) is 4.79 Å². The summed E-state index contributed by atoms with van der Waals surface area (Å²) in [6.07, 6.45) is 1.90. The van der Waals surface area contributed by atoms with Gasteiger partial charge < -0.3 is 14.6 Å². The lowest BCUT2D eigenvalue weighted by molar-refractivity contribution is -0.124. The standard InChI is InChI=1S/C18H15ClN2O2/c1-23-12-8-6-11(7-9-12)21-16(17(22)18(21)19)14-10-20-15-5-3-2-4-13(14)15/h2-10,16,18,20H,1H3/t16-,18-/m1/s1. The summed E-state index contributed by atoms with van der Waals surface area (Å²) < 4.78 is 5.18. The number of hydrogen-bond acceptors (Lipinski definition) is 3. The third-order valence-corrected chi connectivity index (χ3v) is 4.74. The van der Waals surface area contributed by atoms with Crippen molar-refractivity contribution in [3.63, 3.8) is 0 Å². The molecule has 3 aromatic rings. The highest BCUT2D eigenvalue weighted by molar-refractivity contribution is 6.37. The van der Waals surface area contributed by atoms with Crippen molar-refractivity contribution in [1.82, 2.24) is 4.98 Å². The van der Waals surface area contributed by atoms with Crippen molar-refractivity contribution in [2.45, 2.75) is 11.5 Å². The number of aromatic nitrogens is 1. The Morgan fingerprint density at radius 2 is 1.87 bits per heavy atom. The molecule has 2 atom stereocenters. The Balaban J connectivity index is 1.75. The molecule has 4 rings (SSSR count). The monoisotopic (exact) mass is 326 g/mol. The third-order valence-electron chi connectivity index (χ3n) is 4.31. The van der Waals surface area contributed by atoms with E-state index in [1.54, 1.807) is 7.11 Å². The van der Waals surface area contributed by atoms with Crippen molar-refractivity contribution in [1.29, 1.82) is 0 Å². The van der Waals surface area contributed by atoms with Gasteiger partial charge in [0.15, 0.2) is 11.3 Å². The lowest BCUT2D eigenvalue weighted by Crippen LogP contribution is -2.56. The number of H-pyrrole nitrogens is 1. The number of ether oxygens (including phenoxy) is 1. The number of benzene rings is 2. The second-order valence-corrected chi connectivity index (χ2v) is 5.95. The zero-order chi connectivity index (χ0) is 16.0. The van der Waals surface area contributed by atoms with Gasteiger partial charge in [-0.3, -0.25) is 4.79 Å². The predicted octanol–water partition coefficient (Wildman–Crippen LogP) is 3.87. The molecule has 0 radical (unpaired) electrons. The average Bonchev–Trinajstić information content (AvgIpc) is 3.02. The van der Waals surface area contributed by atoms with Crippen LogP contribution in [0, 0.1) is 0 Å². The minimum atomic E-state index is -0.637. The smallest absolute Gasteiger partial charge is 0.197 e. The zero-order valence-corrected chi connectivity index (χ0v) is 13.2. The molecule has 0 saturated carbocycles. The van der Waals surface area contributed by atoms with Crippen molar-refractivity contribution in [3.8, 4) is 5.75 Å². The van der Waals surface area contributed by atoms with Crippen LogP contribution in [0.2, 0.25) is 0 Å². The molecular formula is C18H15ClN2O2. The molecule has 1 saturated heterocycles. The molecule has 5 heteroatoms. The number of ketones is 1. The van der Waals surface area contributed by atoms with E-state index in [0.29, 0.717) is 0 Å². The molecule has 1 fully saturated rings. The molecule has 2 aromatic carbocycles. The van der Waals surface area contributed by atoms with Gasteiger partial charge in [0.25, 0.3) is 0 Å². The lowest BCUT2D eigenvalue weighted by Gasteiger charge is -2.45. The first-order valence-electron chi connectivity index (χ1n) is 7.37. The Labute approximate surface area is 138 Å². The predicted molar refractivity (Wildman–Crippen MR) is 91.2 cm³/mol. The Kier molecular flexibility index (Phi) is 3.27. The van der Waals surface area contributed by atoms with Crippen LogP contribution in [0.5, 0.6) is 5.75 Å². The van der Waals surface area contributed by atoms with Crippen molar-refractivity contribution >= 4 is 34.0 Å². The molecule has 0 spiro atoms. The van der Waals surface area contributed by atoms with Crippen LogP contribution in [0.3, 0.4) is 0 Å². The first kappa shape index (κ1) is 14.2. The SMILES string of the molecule is COc1ccc(N2[C@@H](Cl)C(=O)[C@H]2c2c[nH]c3ccccc23)cc1. The van der Waals surface area contributed by atoms with Crippen LogP contribution in [0.1, 0.15) is 11.6 Å². The molecule has 116 valence electrons. The van der Waals surface area contributed by atoms with E-state index in [0.717, 1.165) is 27.9 Å². The van der Waals surface area contributed by atoms with Crippen molar-refractivity contribution in [2.75, 3.05) is 12.0 Å². The highest BCUT2D eigenvalue weighted by Gasteiger charge is 2.48. The number of para-hydroxylation sites is 1. The first-order chi connectivity index (χ1) is 11.2. The summed E-state index contributed by atoms with van der Waals surface area (Å²) in [5, 5.41) is 1.05. The number of anilines is 1. The minimum absolute atomic E-state index is 0.0206. The van der Waals surface area contributed by atoms with Gasteiger partial charge in [-0.15, -0.1) is 0 Å². The van der Waals surface area contributed by atoms with Crippen molar-refractivity contribution in [2.24, 2.45) is 0 Å². The van der Waals surface area contributed by atoms with Gasteiger partial charge in [-0.2, -0.15) is 0 Å². The van der Waals surface area contributed by atoms with Crippen LogP contribution >= 0.6 is 11.6 Å². The summed E-state index contributed by atoms with van der Waals surface area (Å²) in [5.74, 6) is 0.794. The van der Waals surface area contributed by atoms with Crippen LogP contribution in [0.15, 0.2) is 54.7 Å². The van der Waals surface area contributed by atoms with E-state index in [1.807, 2.05) is 59.6 Å². The van der Waals surface area contributed by atoms with Gasteiger partial charge in [-0.05, 0) is 30.3 Å². The third kappa shape index (κ3) is 2.10. The van der Waals surface area contributed by atoms with Crippen LogP contribution < -0.4 is 9.64 Å². The van der Waals surface area contributed by atoms with E-state index in [4.69, 9.17) is 16.3 Å². The highest BCUT2D eigenvalue weighted by atomic mass is 35.5. The Bertz CT molecular complexity index is 872. The topological polar surface area (TPSA) is 45.3 Å². The normalized spacial score (nSPS) is 20.6. The highest BCUT2D eigenvalue weighted by Crippen LogP contribution is 2.43. The number of nitrogens with zero attached hydrogens (tertiary/aromatic N) is 1. The number of carbonyl (C=O) groups excluding carboxylic acids is 1. The van der Waals surface area contributed by atoms with Crippen LogP contribution in [-0.4, -0.2) is 23.4 Å². The van der Waals surface area contributed by atoms with Gasteiger partial charge >= 0.3 is 0 Å². The van der Waals surface area contributed by atoms with E-state index >= 15 is 0 Å². The number of rotatable bonds is 3. The number of Topliss-reactive ketones (excluding diaryl/α,β-unsaturated/α-hetero) is 1. The average molecular weight is 327 g/mol. The molecule has 0 bridgehead atoms. The van der Waals surface area contributed by atoms with Crippen LogP contribution in [0.25, 0.3) is 10.9 Å². The van der Waals surface area contributed by atoms with E-state index < -0.39 is 5.50 Å². The number of aromatic amines is 1. The molecule has 1 aliphatic heterocycles. The van der Waals surface area contributed by atoms with Gasteiger partial charge in [0.1, 0.15) is 11.8 Å². The number of methoxy groups -OCH3 is 1. The number of nitrogens with one attached hydrogen (secondary N) is 1. The van der Waals surface area contributed by atoms with E-state index in [-0.39, 0.29) is 11.8 Å². The second-order valence-electron chi connectivity index (χ2n) is 5.54. The molecule has 1 aromatic heterocycles. The molecule has 2 heterocycles. The molecule has 4 nitrogen and oxygen atoms in total. The van der Waals surface area contributed by atoms with Gasteiger partial charge in [0.05, 0.1) is 7.11 Å². The largest absolute Gasteiger partial charge is 0.497 e. The van der Waals surface area contributed by atoms with E-state index in [1.165, 1.54) is 0 Å². The molecule has 23 heavy (non-hydrogen) atoms. The molecule has 0 amide bonds. The van der Waals surface area contributed by atoms with Crippen molar-refractivity contribution in [3.05, 3.63) is 60.3 Å². The maximum Gasteiger partial charge on any atom is 0.197 e. The maximum atomic E-state index is 12.4. The summed E-state index contributed by atoms with van der Waals surface area (Å²) in [4.78, 5) is 17.5. The number of fused-ring (bicyclic) bond motifs is 1. The molecule has 1 aliphatic rings. The summed E-state index contributed by atoms with van der Waals surface area (Å²) in [7, 11) is 1.63. The first-order valence-corrected chi connectivity index (χ1v) is 7.80. The quantitative estimate of drug-likeness (QED) is 0.587. The lowest BCUT2D eigenvalue weighted by atomic mass is 9.91. The Morgan fingerprint density at radius 3 is 2.61 bits per heavy atom. The zero-order valence-electron chi connectivity index (χ0n) is 12.5. The Morgan fingerprint density at radius 1 is 1.13 bits per heavy atom. The van der Waals surface area contributed by atoms with Crippen LogP contribution in [0.4, 0.5) is 5.69 Å². The fourth-order valence-electron chi connectivity index (χ4n) is 3.11. The minimum Gasteiger partial charge on any atom is -0.497 e. The second kappa shape index (κ2) is 5.32. The van der Waals surface area contributed by atoms with Gasteiger partial charge in [-0.25, -0.2) is 0 Å². The van der Waals surface area contributed by atoms with Gasteiger partial charge in [0.2, 0.25) is 0 Å². The number of halogens is 1. The number of alkyl halides is 1. The van der Waals surface area contributed by atoms with E-state index in [2.05, 4.69) is 4.98 Å². The van der Waals surface area contributed by atoms with Crippen molar-refractivity contribution < 1.29 is 9.53 Å². The fraction of sp³-hybridized carbons (Fsp3) is 0.167. The maximum absolute atomic E-state index is 12.4. The number of hydrogen-bond donors (Lipinski definition) is 1. The van der Waals surface area contributed by atoms with Gasteiger partial charge in [0, 0.05) is 28.4 Å². The molecule has 0 aliphatic carbocycles. The fourth-order valence-corrected chi connectivity index (χ4v) is 3.46.